The van der Waals surface area contributed by atoms with Gasteiger partial charge in [0, 0.05) is 24.1 Å². The quantitative estimate of drug-likeness (QED) is 0.273. The Hall–Kier alpha value is -0.900. The van der Waals surface area contributed by atoms with E-state index in [-0.39, 0.29) is 25.3 Å². The molecule has 0 aliphatic rings. The standard InChI is InChI=1S/C10H9F4NO2S2/c1-2-18-16-3-4-17-19-10-7(13)5(11)9(15)6(12)8(10)14/h2H,1,3-4,15H2. The average molecular weight is 315 g/mol. The summed E-state index contributed by atoms with van der Waals surface area (Å²) in [5, 5.41) is 1.43. The number of hydrogen-bond donors (Lipinski definition) is 1. The van der Waals surface area contributed by atoms with Crippen molar-refractivity contribution in [3.8, 4) is 0 Å². The maximum absolute atomic E-state index is 13.3. The first-order chi connectivity index (χ1) is 9.00. The highest BCUT2D eigenvalue weighted by Crippen LogP contribution is 2.33. The molecule has 0 aromatic heterocycles. The van der Waals surface area contributed by atoms with Crippen LogP contribution in [0.3, 0.4) is 0 Å². The molecule has 9 heteroatoms. The Morgan fingerprint density at radius 1 is 1.00 bits per heavy atom. The molecule has 19 heavy (non-hydrogen) atoms. The Labute approximate surface area is 115 Å². The smallest absolute Gasteiger partial charge is 0.186 e. The molecule has 2 N–H and O–H groups in total. The van der Waals surface area contributed by atoms with Gasteiger partial charge in [-0.25, -0.2) is 17.6 Å². The van der Waals surface area contributed by atoms with Crippen LogP contribution in [0.4, 0.5) is 23.2 Å². The Kier molecular flexibility index (Phi) is 6.49. The molecule has 1 aromatic carbocycles. The van der Waals surface area contributed by atoms with Crippen molar-refractivity contribution < 1.29 is 25.9 Å². The van der Waals surface area contributed by atoms with E-state index in [1.807, 2.05) is 0 Å². The van der Waals surface area contributed by atoms with E-state index in [0.29, 0.717) is 0 Å². The molecule has 0 aliphatic heterocycles. The van der Waals surface area contributed by atoms with E-state index < -0.39 is 33.9 Å². The molecule has 0 heterocycles. The van der Waals surface area contributed by atoms with E-state index in [1.165, 1.54) is 5.41 Å². The van der Waals surface area contributed by atoms with Gasteiger partial charge < -0.3 is 14.1 Å². The highest BCUT2D eigenvalue weighted by atomic mass is 32.2. The van der Waals surface area contributed by atoms with Crippen LogP contribution in [0.15, 0.2) is 16.9 Å². The van der Waals surface area contributed by atoms with Crippen LogP contribution in [-0.2, 0) is 8.37 Å². The lowest BCUT2D eigenvalue weighted by molar-refractivity contribution is 0.266. The summed E-state index contributed by atoms with van der Waals surface area (Å²) in [7, 11) is 0. The van der Waals surface area contributed by atoms with Crippen molar-refractivity contribution in [1.29, 1.82) is 0 Å². The summed E-state index contributed by atoms with van der Waals surface area (Å²) in [5.74, 6) is -6.49. The van der Waals surface area contributed by atoms with Gasteiger partial charge in [-0.2, -0.15) is 0 Å². The summed E-state index contributed by atoms with van der Waals surface area (Å²) in [4.78, 5) is -0.930. The van der Waals surface area contributed by atoms with E-state index in [2.05, 4.69) is 6.58 Å². The summed E-state index contributed by atoms with van der Waals surface area (Å²) >= 11 is 1.13. The second-order valence-corrected chi connectivity index (χ2v) is 4.56. The van der Waals surface area contributed by atoms with Crippen molar-refractivity contribution in [2.75, 3.05) is 18.9 Å². The molecule has 0 spiro atoms. The van der Waals surface area contributed by atoms with Gasteiger partial charge in [-0.15, -0.1) is 0 Å². The van der Waals surface area contributed by atoms with E-state index in [4.69, 9.17) is 14.1 Å². The molecule has 0 bridgehead atoms. The highest BCUT2D eigenvalue weighted by Gasteiger charge is 2.24. The van der Waals surface area contributed by atoms with Crippen LogP contribution in [0.5, 0.6) is 0 Å². The lowest BCUT2D eigenvalue weighted by atomic mass is 10.2. The van der Waals surface area contributed by atoms with Crippen LogP contribution >= 0.6 is 24.1 Å². The zero-order chi connectivity index (χ0) is 14.4. The SMILES string of the molecule is C=CSOCCOSc1c(F)c(F)c(N)c(F)c1F. The van der Waals surface area contributed by atoms with Gasteiger partial charge >= 0.3 is 0 Å². The molecule has 0 saturated carbocycles. The fourth-order valence-electron chi connectivity index (χ4n) is 0.967. The van der Waals surface area contributed by atoms with Crippen molar-refractivity contribution in [3.63, 3.8) is 0 Å². The summed E-state index contributed by atoms with van der Waals surface area (Å²) in [6, 6.07) is 0. The van der Waals surface area contributed by atoms with E-state index in [9.17, 15) is 17.6 Å². The molecule has 1 aromatic rings. The van der Waals surface area contributed by atoms with E-state index >= 15 is 0 Å². The second kappa shape index (κ2) is 7.63. The summed E-state index contributed by atoms with van der Waals surface area (Å²) in [6.45, 7) is 3.43. The van der Waals surface area contributed by atoms with Crippen LogP contribution in [0.1, 0.15) is 0 Å². The number of nitrogens with two attached hydrogens (primary N) is 1. The molecule has 0 aliphatic carbocycles. The minimum absolute atomic E-state index is 0.0436. The third-order valence-electron chi connectivity index (χ3n) is 1.79. The second-order valence-electron chi connectivity index (χ2n) is 2.99. The van der Waals surface area contributed by atoms with Gasteiger partial charge in [0.05, 0.1) is 13.2 Å². The van der Waals surface area contributed by atoms with Gasteiger partial charge in [-0.3, -0.25) is 0 Å². The van der Waals surface area contributed by atoms with Crippen LogP contribution in [0, 0.1) is 23.3 Å². The first-order valence-electron chi connectivity index (χ1n) is 4.80. The van der Waals surface area contributed by atoms with Crippen LogP contribution in [0.2, 0.25) is 0 Å². The van der Waals surface area contributed by atoms with Gasteiger partial charge in [-0.05, 0) is 5.41 Å². The Balaban J connectivity index is 2.66. The zero-order valence-electron chi connectivity index (χ0n) is 9.42. The molecule has 0 fully saturated rings. The van der Waals surface area contributed by atoms with Crippen molar-refractivity contribution in [3.05, 3.63) is 35.3 Å². The molecule has 0 amide bonds. The van der Waals surface area contributed by atoms with Gasteiger partial charge in [0.15, 0.2) is 23.3 Å². The maximum atomic E-state index is 13.3. The van der Waals surface area contributed by atoms with Crippen molar-refractivity contribution in [1.82, 2.24) is 0 Å². The predicted molar refractivity (Wildman–Crippen MR) is 66.2 cm³/mol. The number of anilines is 1. The Bertz CT molecular complexity index is 444. The molecule has 0 atom stereocenters. The average Bonchev–Trinajstić information content (AvgIpc) is 2.41. The molecule has 3 nitrogen and oxygen atoms in total. The van der Waals surface area contributed by atoms with Crippen molar-refractivity contribution in [2.45, 2.75) is 4.90 Å². The Morgan fingerprint density at radius 2 is 1.53 bits per heavy atom. The summed E-state index contributed by atoms with van der Waals surface area (Å²) in [6.07, 6.45) is 0. The third-order valence-corrected chi connectivity index (χ3v) is 3.03. The van der Waals surface area contributed by atoms with Crippen LogP contribution in [-0.4, -0.2) is 13.2 Å². The van der Waals surface area contributed by atoms with Crippen molar-refractivity contribution in [2.24, 2.45) is 0 Å². The number of nitrogen functional groups attached to an aromatic ring is 1. The minimum atomic E-state index is -1.65. The zero-order valence-corrected chi connectivity index (χ0v) is 11.1. The molecule has 0 unspecified atom stereocenters. The highest BCUT2D eigenvalue weighted by molar-refractivity contribution is 7.97. The predicted octanol–water partition coefficient (Wildman–Crippen LogP) is 3.66. The monoisotopic (exact) mass is 315 g/mol. The van der Waals surface area contributed by atoms with E-state index in [0.717, 1.165) is 12.0 Å². The van der Waals surface area contributed by atoms with Crippen LogP contribution < -0.4 is 5.73 Å². The van der Waals surface area contributed by atoms with Crippen LogP contribution in [0.25, 0.3) is 0 Å². The first kappa shape index (κ1) is 16.2. The van der Waals surface area contributed by atoms with Crippen molar-refractivity contribution >= 4 is 29.8 Å². The fourth-order valence-corrected chi connectivity index (χ4v) is 1.82. The van der Waals surface area contributed by atoms with Gasteiger partial charge in [0.2, 0.25) is 0 Å². The molecule has 0 saturated heterocycles. The van der Waals surface area contributed by atoms with E-state index in [1.54, 1.807) is 0 Å². The number of benzene rings is 1. The third kappa shape index (κ3) is 4.03. The topological polar surface area (TPSA) is 44.5 Å². The number of halogens is 4. The number of hydrogen-bond acceptors (Lipinski definition) is 5. The Morgan fingerprint density at radius 3 is 2.05 bits per heavy atom. The number of rotatable bonds is 7. The van der Waals surface area contributed by atoms with Gasteiger partial charge in [0.1, 0.15) is 10.6 Å². The fraction of sp³-hybridized carbons (Fsp3) is 0.200. The normalized spacial score (nSPS) is 10.7. The molecule has 106 valence electrons. The molecule has 1 rings (SSSR count). The minimum Gasteiger partial charge on any atom is -0.394 e. The molecule has 0 radical (unpaired) electrons. The summed E-state index contributed by atoms with van der Waals surface area (Å²) in [5.41, 5.74) is 3.65. The molecular formula is C10H9F4NO2S2. The van der Waals surface area contributed by atoms with Gasteiger partial charge in [0.25, 0.3) is 0 Å². The lowest BCUT2D eigenvalue weighted by Gasteiger charge is -2.08. The van der Waals surface area contributed by atoms with Gasteiger partial charge in [-0.1, -0.05) is 6.58 Å². The molecular weight excluding hydrogens is 306 g/mol. The largest absolute Gasteiger partial charge is 0.394 e. The first-order valence-corrected chi connectivity index (χ1v) is 6.35. The lowest BCUT2D eigenvalue weighted by Crippen LogP contribution is -2.05. The maximum Gasteiger partial charge on any atom is 0.186 e. The summed E-state index contributed by atoms with van der Waals surface area (Å²) < 4.78 is 62.5.